The van der Waals surface area contributed by atoms with Gasteiger partial charge in [0, 0.05) is 49.2 Å². The fourth-order valence-corrected chi connectivity index (χ4v) is 5.75. The molecule has 210 valence electrons. The zero-order valence-corrected chi connectivity index (χ0v) is 23.5. The van der Waals surface area contributed by atoms with Gasteiger partial charge in [0.2, 0.25) is 0 Å². The van der Waals surface area contributed by atoms with E-state index in [1.165, 1.54) is 4.90 Å². The summed E-state index contributed by atoms with van der Waals surface area (Å²) in [5.74, 6) is -0.823. The number of fused-ring (bicyclic) bond motifs is 1. The quantitative estimate of drug-likeness (QED) is 0.345. The number of rotatable bonds is 5. The van der Waals surface area contributed by atoms with Gasteiger partial charge in [-0.25, -0.2) is 4.79 Å². The molecule has 0 atom stereocenters. The number of benzene rings is 2. The van der Waals surface area contributed by atoms with Crippen molar-refractivity contribution in [1.29, 1.82) is 0 Å². The van der Waals surface area contributed by atoms with Crippen LogP contribution in [-0.4, -0.2) is 69.7 Å². The lowest BCUT2D eigenvalue weighted by atomic mass is 10.0. The Labute approximate surface area is 245 Å². The highest BCUT2D eigenvalue weighted by Crippen LogP contribution is 2.39. The first-order chi connectivity index (χ1) is 19.8. The number of halogens is 2. The smallest absolute Gasteiger partial charge is 0.337 e. The number of hydrogen-bond donors (Lipinski definition) is 1. The van der Waals surface area contributed by atoms with E-state index >= 15 is 0 Å². The maximum Gasteiger partial charge on any atom is 0.337 e. The van der Waals surface area contributed by atoms with E-state index in [1.807, 2.05) is 24.2 Å². The van der Waals surface area contributed by atoms with Crippen LogP contribution in [0.1, 0.15) is 26.3 Å². The van der Waals surface area contributed by atoms with Gasteiger partial charge in [-0.1, -0.05) is 29.3 Å². The van der Waals surface area contributed by atoms with Gasteiger partial charge in [0.1, 0.15) is 5.69 Å². The second kappa shape index (κ2) is 11.0. The lowest BCUT2D eigenvalue weighted by Crippen LogP contribution is -2.37. The second-order valence-electron chi connectivity index (χ2n) is 9.78. The van der Waals surface area contributed by atoms with E-state index in [9.17, 15) is 14.7 Å². The minimum atomic E-state index is -1.00. The van der Waals surface area contributed by atoms with Crippen molar-refractivity contribution in [2.45, 2.75) is 6.54 Å². The summed E-state index contributed by atoms with van der Waals surface area (Å²) in [6.45, 7) is 2.44. The molecule has 2 aliphatic heterocycles. The number of aryl methyl sites for hydroxylation is 1. The van der Waals surface area contributed by atoms with Gasteiger partial charge < -0.3 is 24.4 Å². The van der Waals surface area contributed by atoms with Crippen molar-refractivity contribution in [2.24, 2.45) is 7.05 Å². The molecular formula is C29H25Cl2N5O5. The van der Waals surface area contributed by atoms with E-state index in [2.05, 4.69) is 10.1 Å². The van der Waals surface area contributed by atoms with Crippen molar-refractivity contribution in [3.05, 3.63) is 81.7 Å². The van der Waals surface area contributed by atoms with Crippen molar-refractivity contribution in [3.63, 3.8) is 0 Å². The number of anilines is 1. The largest absolute Gasteiger partial charge is 0.478 e. The summed E-state index contributed by atoms with van der Waals surface area (Å²) in [6.07, 6.45) is 5.18. The minimum absolute atomic E-state index is 0.0366. The number of carboxylic acids is 1. The van der Waals surface area contributed by atoms with E-state index in [4.69, 9.17) is 32.7 Å². The van der Waals surface area contributed by atoms with Gasteiger partial charge in [0.15, 0.2) is 12.5 Å². The fourth-order valence-electron chi connectivity index (χ4n) is 5.10. The van der Waals surface area contributed by atoms with E-state index in [0.717, 1.165) is 16.7 Å². The molecular weight excluding hydrogens is 569 g/mol. The Hall–Kier alpha value is -4.12. The third-order valence-corrected chi connectivity index (χ3v) is 7.74. The van der Waals surface area contributed by atoms with Gasteiger partial charge in [0.05, 0.1) is 52.8 Å². The molecule has 0 unspecified atom stereocenters. The molecule has 1 N–H and O–H groups in total. The Balaban J connectivity index is 1.28. The number of aromatic carboxylic acids is 1. The van der Waals surface area contributed by atoms with E-state index in [-0.39, 0.29) is 40.4 Å². The molecule has 41 heavy (non-hydrogen) atoms. The average molecular weight is 594 g/mol. The molecule has 0 radical (unpaired) electrons. The van der Waals surface area contributed by atoms with Crippen LogP contribution in [0, 0.1) is 0 Å². The average Bonchev–Trinajstić information content (AvgIpc) is 3.42. The van der Waals surface area contributed by atoms with E-state index in [0.29, 0.717) is 49.0 Å². The number of carboxylic acid groups (broad SMARTS) is 1. The Morgan fingerprint density at radius 3 is 2.44 bits per heavy atom. The third kappa shape index (κ3) is 5.21. The van der Waals surface area contributed by atoms with Crippen molar-refractivity contribution >= 4 is 40.8 Å². The molecule has 1 fully saturated rings. The molecule has 6 rings (SSSR count). The van der Waals surface area contributed by atoms with Crippen LogP contribution in [0.5, 0.6) is 5.75 Å². The Kier molecular flexibility index (Phi) is 7.29. The van der Waals surface area contributed by atoms with Crippen molar-refractivity contribution in [2.75, 3.05) is 37.9 Å². The molecule has 2 aromatic heterocycles. The molecule has 2 aliphatic rings. The Morgan fingerprint density at radius 2 is 1.76 bits per heavy atom. The molecule has 12 heteroatoms. The summed E-state index contributed by atoms with van der Waals surface area (Å²) in [6, 6.07) is 10.3. The van der Waals surface area contributed by atoms with Crippen LogP contribution >= 0.6 is 23.2 Å². The van der Waals surface area contributed by atoms with Crippen LogP contribution in [0.3, 0.4) is 0 Å². The second-order valence-corrected chi connectivity index (χ2v) is 10.6. The highest BCUT2D eigenvalue weighted by atomic mass is 35.5. The predicted molar refractivity (Wildman–Crippen MR) is 154 cm³/mol. The van der Waals surface area contributed by atoms with Crippen LogP contribution in [-0.2, 0) is 18.3 Å². The van der Waals surface area contributed by atoms with E-state index in [1.54, 1.807) is 47.4 Å². The number of aromatic nitrogens is 3. The lowest BCUT2D eigenvalue weighted by Gasteiger charge is -2.31. The summed E-state index contributed by atoms with van der Waals surface area (Å²) in [5, 5.41) is 14.4. The molecule has 2 aromatic carbocycles. The molecule has 0 aliphatic carbocycles. The lowest BCUT2D eigenvalue weighted by molar-refractivity contribution is 0.0515. The zero-order valence-electron chi connectivity index (χ0n) is 22.0. The number of nitrogens with zero attached hydrogens (tertiary/aromatic N) is 5. The maximum atomic E-state index is 13.6. The van der Waals surface area contributed by atoms with Crippen molar-refractivity contribution in [3.8, 4) is 28.1 Å². The first kappa shape index (κ1) is 27.1. The van der Waals surface area contributed by atoms with Gasteiger partial charge >= 0.3 is 5.97 Å². The SMILES string of the molecule is Cn1cc(-c2cc(Cl)c(C(=O)N3COc4c(ccnc4-c4ccc(C(=O)O)c(N5CCOCC5)c4)C3)c(Cl)c2)cn1. The van der Waals surface area contributed by atoms with Crippen LogP contribution < -0.4 is 9.64 Å². The molecule has 0 bridgehead atoms. The molecule has 4 aromatic rings. The third-order valence-electron chi connectivity index (χ3n) is 7.15. The summed E-state index contributed by atoms with van der Waals surface area (Å²) >= 11 is 13.1. The number of carbonyl (C=O) groups excluding carboxylic acids is 1. The van der Waals surface area contributed by atoms with Gasteiger partial charge in [0.25, 0.3) is 5.91 Å². The van der Waals surface area contributed by atoms with Crippen LogP contribution in [0.4, 0.5) is 5.69 Å². The van der Waals surface area contributed by atoms with Gasteiger partial charge in [-0.05, 0) is 35.9 Å². The maximum absolute atomic E-state index is 13.6. The minimum Gasteiger partial charge on any atom is -0.478 e. The summed E-state index contributed by atoms with van der Waals surface area (Å²) in [5.41, 5.74) is 4.63. The van der Waals surface area contributed by atoms with Gasteiger partial charge in [-0.15, -0.1) is 0 Å². The Morgan fingerprint density at radius 1 is 1.00 bits per heavy atom. The molecule has 1 amide bonds. The monoisotopic (exact) mass is 593 g/mol. The topological polar surface area (TPSA) is 110 Å². The summed E-state index contributed by atoms with van der Waals surface area (Å²) < 4.78 is 13.2. The number of ether oxygens (including phenoxy) is 2. The standard InChI is InChI=1S/C29H25Cl2N5O5/c1-34-14-20(13-33-34)19-10-22(30)25(23(31)11-19)28(37)36-15-18-4-5-32-26(27(18)41-16-36)17-2-3-21(29(38)39)24(12-17)35-6-8-40-9-7-35/h2-5,10-14H,6-9,15-16H2,1H3,(H,38,39). The highest BCUT2D eigenvalue weighted by Gasteiger charge is 2.29. The summed E-state index contributed by atoms with van der Waals surface area (Å²) in [4.78, 5) is 33.6. The first-order valence-electron chi connectivity index (χ1n) is 12.9. The number of amides is 1. The Bertz CT molecular complexity index is 1640. The normalized spacial score (nSPS) is 14.9. The zero-order chi connectivity index (χ0) is 28.7. The number of carbonyl (C=O) groups is 2. The van der Waals surface area contributed by atoms with Gasteiger partial charge in [-0.2, -0.15) is 5.10 Å². The molecule has 10 nitrogen and oxygen atoms in total. The molecule has 1 saturated heterocycles. The number of pyridine rings is 1. The molecule has 4 heterocycles. The van der Waals surface area contributed by atoms with E-state index < -0.39 is 5.97 Å². The highest BCUT2D eigenvalue weighted by molar-refractivity contribution is 6.40. The van der Waals surface area contributed by atoms with Gasteiger partial charge in [-0.3, -0.25) is 14.5 Å². The van der Waals surface area contributed by atoms with Crippen LogP contribution in [0.25, 0.3) is 22.4 Å². The van der Waals surface area contributed by atoms with Crippen molar-refractivity contribution in [1.82, 2.24) is 19.7 Å². The molecule has 0 saturated carbocycles. The first-order valence-corrected chi connectivity index (χ1v) is 13.6. The van der Waals surface area contributed by atoms with Crippen LogP contribution in [0.2, 0.25) is 10.0 Å². The number of morpholine rings is 1. The van der Waals surface area contributed by atoms with Crippen molar-refractivity contribution < 1.29 is 24.2 Å². The molecule has 0 spiro atoms. The van der Waals surface area contributed by atoms with Crippen LogP contribution in [0.15, 0.2) is 55.0 Å². The predicted octanol–water partition coefficient (Wildman–Crippen LogP) is 4.98. The summed E-state index contributed by atoms with van der Waals surface area (Å²) in [7, 11) is 1.81. The number of hydrogen-bond acceptors (Lipinski definition) is 7. The fraction of sp³-hybridized carbons (Fsp3) is 0.241.